The zero-order valence-corrected chi connectivity index (χ0v) is 13.1. The Kier molecular flexibility index (Phi) is 4.95. The maximum atomic E-state index is 11.4. The third kappa shape index (κ3) is 3.60. The third-order valence-corrected chi connectivity index (χ3v) is 4.01. The minimum absolute atomic E-state index is 0.187. The largest absolute Gasteiger partial charge is 0.478 e. The molecular formula is C14H18N4O2S. The van der Waals surface area contributed by atoms with E-state index in [4.69, 9.17) is 0 Å². The minimum atomic E-state index is -0.989. The molecule has 0 aliphatic heterocycles. The average molecular weight is 306 g/mol. The summed E-state index contributed by atoms with van der Waals surface area (Å²) in [6, 6.07) is 0. The van der Waals surface area contributed by atoms with Crippen LogP contribution in [0, 0.1) is 13.8 Å². The van der Waals surface area contributed by atoms with E-state index in [1.165, 1.54) is 11.8 Å². The van der Waals surface area contributed by atoms with Crippen LogP contribution in [-0.2, 0) is 12.3 Å². The van der Waals surface area contributed by atoms with Crippen molar-refractivity contribution in [2.75, 3.05) is 0 Å². The molecule has 0 unspecified atom stereocenters. The monoisotopic (exact) mass is 306 g/mol. The highest BCUT2D eigenvalue weighted by molar-refractivity contribution is 7.98. The predicted molar refractivity (Wildman–Crippen MR) is 80.5 cm³/mol. The molecule has 0 aliphatic rings. The Morgan fingerprint density at radius 3 is 2.81 bits per heavy atom. The molecule has 6 nitrogen and oxygen atoms in total. The highest BCUT2D eigenvalue weighted by atomic mass is 32.2. The zero-order chi connectivity index (χ0) is 15.4. The smallest absolute Gasteiger partial charge is 0.340 e. The second-order valence-corrected chi connectivity index (χ2v) is 5.67. The highest BCUT2D eigenvalue weighted by Crippen LogP contribution is 2.26. The van der Waals surface area contributed by atoms with Crippen molar-refractivity contribution in [2.45, 2.75) is 44.5 Å². The van der Waals surface area contributed by atoms with E-state index in [0.717, 1.165) is 18.7 Å². The molecule has 0 aromatic carbocycles. The van der Waals surface area contributed by atoms with E-state index in [9.17, 15) is 9.90 Å². The van der Waals surface area contributed by atoms with Crippen molar-refractivity contribution >= 4 is 17.7 Å². The molecule has 7 heteroatoms. The molecule has 2 heterocycles. The van der Waals surface area contributed by atoms with Crippen LogP contribution in [-0.4, -0.2) is 30.6 Å². The molecule has 0 atom stereocenters. The van der Waals surface area contributed by atoms with Crippen molar-refractivity contribution in [1.82, 2.24) is 19.5 Å². The average Bonchev–Trinajstić information content (AvgIpc) is 2.83. The van der Waals surface area contributed by atoms with Crippen LogP contribution in [0.15, 0.2) is 17.6 Å². The number of carboxylic acid groups (broad SMARTS) is 1. The van der Waals surface area contributed by atoms with Crippen molar-refractivity contribution < 1.29 is 9.90 Å². The molecule has 0 saturated carbocycles. The van der Waals surface area contributed by atoms with Gasteiger partial charge in [-0.15, -0.1) is 0 Å². The minimum Gasteiger partial charge on any atom is -0.478 e. The van der Waals surface area contributed by atoms with Crippen LogP contribution < -0.4 is 0 Å². The number of hydrogen-bond donors (Lipinski definition) is 1. The molecule has 2 aromatic heterocycles. The molecule has 0 bridgehead atoms. The Morgan fingerprint density at radius 1 is 1.38 bits per heavy atom. The Balaban J connectivity index is 2.23. The van der Waals surface area contributed by atoms with Gasteiger partial charge in [0.2, 0.25) is 0 Å². The molecule has 0 spiro atoms. The Hall–Kier alpha value is -1.89. The van der Waals surface area contributed by atoms with Crippen LogP contribution in [0.4, 0.5) is 0 Å². The number of rotatable bonds is 6. The molecule has 112 valence electrons. The zero-order valence-electron chi connectivity index (χ0n) is 12.3. The summed E-state index contributed by atoms with van der Waals surface area (Å²) in [5, 5.41) is 9.83. The number of carbonyl (C=O) groups is 1. The van der Waals surface area contributed by atoms with E-state index >= 15 is 0 Å². The SMILES string of the molecule is CCCn1cncc1CSc1nc(C)nc(C)c1C(=O)O. The summed E-state index contributed by atoms with van der Waals surface area (Å²) in [5.41, 5.74) is 1.75. The molecule has 0 fully saturated rings. The quantitative estimate of drug-likeness (QED) is 0.653. The lowest BCUT2D eigenvalue weighted by Crippen LogP contribution is -2.08. The van der Waals surface area contributed by atoms with E-state index in [0.29, 0.717) is 22.3 Å². The molecule has 0 aliphatic carbocycles. The van der Waals surface area contributed by atoms with E-state index in [1.54, 1.807) is 20.2 Å². The lowest BCUT2D eigenvalue weighted by Gasteiger charge is -2.09. The first kappa shape index (κ1) is 15.5. The Morgan fingerprint density at radius 2 is 2.14 bits per heavy atom. The van der Waals surface area contributed by atoms with E-state index in [1.807, 2.05) is 6.20 Å². The summed E-state index contributed by atoms with van der Waals surface area (Å²) in [4.78, 5) is 23.9. The number of aryl methyl sites for hydroxylation is 3. The maximum absolute atomic E-state index is 11.4. The topological polar surface area (TPSA) is 80.9 Å². The normalized spacial score (nSPS) is 10.8. The summed E-state index contributed by atoms with van der Waals surface area (Å²) < 4.78 is 2.08. The number of thioether (sulfide) groups is 1. The van der Waals surface area contributed by atoms with E-state index in [2.05, 4.69) is 26.4 Å². The number of imidazole rings is 1. The van der Waals surface area contributed by atoms with Crippen LogP contribution in [0.3, 0.4) is 0 Å². The second-order valence-electron chi connectivity index (χ2n) is 4.71. The summed E-state index contributed by atoms with van der Waals surface area (Å²) in [6.07, 6.45) is 4.64. The van der Waals surface area contributed by atoms with Gasteiger partial charge in [-0.1, -0.05) is 18.7 Å². The molecule has 2 rings (SSSR count). The van der Waals surface area contributed by atoms with Crippen LogP contribution in [0.1, 0.15) is 40.9 Å². The fraction of sp³-hybridized carbons (Fsp3) is 0.429. The van der Waals surface area contributed by atoms with Gasteiger partial charge in [-0.3, -0.25) is 0 Å². The van der Waals surface area contributed by atoms with Crippen LogP contribution in [0.2, 0.25) is 0 Å². The number of aromatic carboxylic acids is 1. The molecule has 0 radical (unpaired) electrons. The molecule has 21 heavy (non-hydrogen) atoms. The summed E-state index contributed by atoms with van der Waals surface area (Å²) in [7, 11) is 0. The first-order valence-corrected chi connectivity index (χ1v) is 7.71. The van der Waals surface area contributed by atoms with Gasteiger partial charge in [-0.2, -0.15) is 0 Å². The molecule has 0 amide bonds. The van der Waals surface area contributed by atoms with Gasteiger partial charge in [-0.25, -0.2) is 19.7 Å². The lowest BCUT2D eigenvalue weighted by molar-refractivity contribution is 0.0690. The fourth-order valence-electron chi connectivity index (χ4n) is 2.08. The van der Waals surface area contributed by atoms with Gasteiger partial charge >= 0.3 is 5.97 Å². The van der Waals surface area contributed by atoms with Gasteiger partial charge in [0.25, 0.3) is 0 Å². The van der Waals surface area contributed by atoms with Gasteiger partial charge < -0.3 is 9.67 Å². The fourth-order valence-corrected chi connectivity index (χ4v) is 3.19. The predicted octanol–water partition coefficient (Wildman–Crippen LogP) is 2.69. The van der Waals surface area contributed by atoms with Gasteiger partial charge in [0.05, 0.1) is 12.0 Å². The van der Waals surface area contributed by atoms with Crippen LogP contribution in [0.5, 0.6) is 0 Å². The molecule has 1 N–H and O–H groups in total. The first-order chi connectivity index (χ1) is 10.0. The molecule has 0 saturated heterocycles. The van der Waals surface area contributed by atoms with Crippen molar-refractivity contribution in [3.05, 3.63) is 35.3 Å². The van der Waals surface area contributed by atoms with E-state index < -0.39 is 5.97 Å². The molecular weight excluding hydrogens is 288 g/mol. The summed E-state index contributed by atoms with van der Waals surface area (Å²) >= 11 is 1.41. The number of carboxylic acids is 1. The van der Waals surface area contributed by atoms with Crippen molar-refractivity contribution in [1.29, 1.82) is 0 Å². The summed E-state index contributed by atoms with van der Waals surface area (Å²) in [5.74, 6) is 0.232. The second kappa shape index (κ2) is 6.71. The highest BCUT2D eigenvalue weighted by Gasteiger charge is 2.18. The Bertz CT molecular complexity index is 654. The van der Waals surface area contributed by atoms with Crippen molar-refractivity contribution in [3.63, 3.8) is 0 Å². The van der Waals surface area contributed by atoms with Gasteiger partial charge in [0, 0.05) is 24.2 Å². The third-order valence-electron chi connectivity index (χ3n) is 3.00. The van der Waals surface area contributed by atoms with Crippen molar-refractivity contribution in [2.24, 2.45) is 0 Å². The van der Waals surface area contributed by atoms with Crippen LogP contribution >= 0.6 is 11.8 Å². The molecule has 2 aromatic rings. The number of hydrogen-bond acceptors (Lipinski definition) is 5. The van der Waals surface area contributed by atoms with Crippen LogP contribution in [0.25, 0.3) is 0 Å². The van der Waals surface area contributed by atoms with Gasteiger partial charge in [0.1, 0.15) is 16.4 Å². The van der Waals surface area contributed by atoms with Gasteiger partial charge in [-0.05, 0) is 20.3 Å². The van der Waals surface area contributed by atoms with Crippen molar-refractivity contribution in [3.8, 4) is 0 Å². The summed E-state index contributed by atoms with van der Waals surface area (Å²) in [6.45, 7) is 6.48. The standard InChI is InChI=1S/C14H18N4O2S/c1-4-5-18-8-15-6-11(18)7-21-13-12(14(19)20)9(2)16-10(3)17-13/h6,8H,4-5,7H2,1-3H3,(H,19,20). The Labute approximate surface area is 127 Å². The first-order valence-electron chi connectivity index (χ1n) is 6.73. The lowest BCUT2D eigenvalue weighted by atomic mass is 10.2. The van der Waals surface area contributed by atoms with E-state index in [-0.39, 0.29) is 5.56 Å². The number of aromatic nitrogens is 4. The number of nitrogens with zero attached hydrogens (tertiary/aromatic N) is 4. The maximum Gasteiger partial charge on any atom is 0.340 e. The van der Waals surface area contributed by atoms with Gasteiger partial charge in [0.15, 0.2) is 0 Å².